The molecule has 0 spiro atoms. The van der Waals surface area contributed by atoms with Crippen LogP contribution in [-0.4, -0.2) is 25.6 Å². The molecule has 2 aromatic carbocycles. The molecule has 9 heteroatoms. The Morgan fingerprint density at radius 3 is 2.19 bits per heavy atom. The Balaban J connectivity index is 1.44. The summed E-state index contributed by atoms with van der Waals surface area (Å²) >= 11 is 8.16. The lowest BCUT2D eigenvalue weighted by Gasteiger charge is -2.44. The molecule has 196 valence electrons. The van der Waals surface area contributed by atoms with Gasteiger partial charge in [-0.1, -0.05) is 32.4 Å². The van der Waals surface area contributed by atoms with E-state index in [1.54, 1.807) is 30.0 Å². The van der Waals surface area contributed by atoms with Gasteiger partial charge in [-0.2, -0.15) is 0 Å². The molecule has 2 aromatic rings. The van der Waals surface area contributed by atoms with E-state index in [1.807, 2.05) is 0 Å². The number of carbonyl (C=O) groups excluding carboxylic acids is 1. The summed E-state index contributed by atoms with van der Waals surface area (Å²) in [4.78, 5) is 13.5. The van der Waals surface area contributed by atoms with Crippen molar-refractivity contribution in [1.82, 2.24) is 0 Å². The van der Waals surface area contributed by atoms with Gasteiger partial charge in [0.25, 0.3) is 5.91 Å². The number of rotatable bonds is 6. The molecule has 0 saturated heterocycles. The smallest absolute Gasteiger partial charge is 0.255 e. The molecule has 2 atom stereocenters. The molecule has 0 aliphatic heterocycles. The van der Waals surface area contributed by atoms with Crippen LogP contribution in [0.1, 0.15) is 56.8 Å². The Hall–Kier alpha value is -1.48. The minimum Gasteiger partial charge on any atom is -0.413 e. The molecule has 0 radical (unpaired) electrons. The first-order valence-electron chi connectivity index (χ1n) is 12.3. The summed E-state index contributed by atoms with van der Waals surface area (Å²) in [5, 5.41) is 3.54. The van der Waals surface area contributed by atoms with E-state index < -0.39 is 31.7 Å². The maximum absolute atomic E-state index is 13.5. The third-order valence-corrected chi connectivity index (χ3v) is 14.2. The average molecular weight is 556 g/mol. The normalized spacial score (nSPS) is 24.1. The lowest BCUT2D eigenvalue weighted by Crippen LogP contribution is -2.48. The Morgan fingerprint density at radius 2 is 1.64 bits per heavy atom. The van der Waals surface area contributed by atoms with Crippen LogP contribution in [0.5, 0.6) is 0 Å². The number of hydrogen-bond acceptors (Lipinski definition) is 3. The van der Waals surface area contributed by atoms with E-state index in [1.165, 1.54) is 12.8 Å². The van der Waals surface area contributed by atoms with Crippen LogP contribution in [0, 0.1) is 29.3 Å². The van der Waals surface area contributed by atoms with Crippen molar-refractivity contribution >= 4 is 43.3 Å². The number of amides is 1. The summed E-state index contributed by atoms with van der Waals surface area (Å²) in [7, 11) is -1.84. The lowest BCUT2D eigenvalue weighted by molar-refractivity contribution is 0.0724. The standard InChI is InChI=1S/C27H33ClF3NO2SSi/c1-27(2,3)36(4,5)34-25-15-6-7-16(25)11-19(10-15)35-23-12-17(8-9-20(23)28)26(33)32-18-13-21(29)24(31)22(30)14-18/h8-9,12-16,19,25H,6-7,10-11H2,1-5H3,(H,32,33)/t15?,16?,19-,25-. The van der Waals surface area contributed by atoms with Gasteiger partial charge in [-0.15, -0.1) is 11.8 Å². The molecule has 2 aliphatic carbocycles. The SMILES string of the molecule is CC(C)(C)[Si](C)(C)O[C@H]1C2CCC1C[C@@H](Sc1cc(C(=O)Nc3cc(F)c(F)c(F)c3)ccc1Cl)C2. The van der Waals surface area contributed by atoms with Crippen molar-refractivity contribution in [3.63, 3.8) is 0 Å². The van der Waals surface area contributed by atoms with Gasteiger partial charge in [0.15, 0.2) is 25.8 Å². The fraction of sp³-hybridized carbons (Fsp3) is 0.519. The number of benzene rings is 2. The number of fused-ring (bicyclic) bond motifs is 2. The van der Waals surface area contributed by atoms with E-state index in [9.17, 15) is 18.0 Å². The van der Waals surface area contributed by atoms with Gasteiger partial charge in [0, 0.05) is 33.5 Å². The van der Waals surface area contributed by atoms with Crippen molar-refractivity contribution in [1.29, 1.82) is 0 Å². The number of nitrogens with one attached hydrogen (secondary N) is 1. The Labute approximate surface area is 221 Å². The highest BCUT2D eigenvalue weighted by Crippen LogP contribution is 2.51. The zero-order valence-electron chi connectivity index (χ0n) is 21.3. The molecule has 1 amide bonds. The molecule has 1 N–H and O–H groups in total. The van der Waals surface area contributed by atoms with Crippen LogP contribution >= 0.6 is 23.4 Å². The topological polar surface area (TPSA) is 38.3 Å². The zero-order chi connectivity index (χ0) is 26.4. The van der Waals surface area contributed by atoms with Crippen LogP contribution in [0.25, 0.3) is 0 Å². The molecule has 2 saturated carbocycles. The number of thioether (sulfide) groups is 1. The average Bonchev–Trinajstić information content (AvgIpc) is 2.99. The molecular weight excluding hydrogens is 523 g/mol. The third kappa shape index (κ3) is 5.82. The van der Waals surface area contributed by atoms with E-state index in [-0.39, 0.29) is 10.7 Å². The first-order valence-corrected chi connectivity index (χ1v) is 16.5. The summed E-state index contributed by atoms with van der Waals surface area (Å²) in [5.41, 5.74) is 0.155. The molecule has 0 aromatic heterocycles. The maximum atomic E-state index is 13.5. The van der Waals surface area contributed by atoms with E-state index in [0.717, 1.165) is 29.9 Å². The highest BCUT2D eigenvalue weighted by Gasteiger charge is 2.48. The number of halogens is 4. The number of hydrogen-bond donors (Lipinski definition) is 1. The summed E-state index contributed by atoms with van der Waals surface area (Å²) in [5.74, 6) is -3.78. The first kappa shape index (κ1) is 27.5. The summed E-state index contributed by atoms with van der Waals surface area (Å²) < 4.78 is 47.1. The second kappa shape index (κ2) is 10.3. The predicted octanol–water partition coefficient (Wildman–Crippen LogP) is 8.68. The van der Waals surface area contributed by atoms with Gasteiger partial charge < -0.3 is 9.74 Å². The summed E-state index contributed by atoms with van der Waals surface area (Å²) in [6, 6.07) is 6.43. The molecule has 2 unspecified atom stereocenters. The van der Waals surface area contributed by atoms with Crippen molar-refractivity contribution in [2.45, 2.75) is 80.8 Å². The largest absolute Gasteiger partial charge is 0.413 e. The van der Waals surface area contributed by atoms with Crippen molar-refractivity contribution in [2.75, 3.05) is 5.32 Å². The van der Waals surface area contributed by atoms with Gasteiger partial charge in [-0.25, -0.2) is 13.2 Å². The fourth-order valence-corrected chi connectivity index (χ4v) is 8.06. The van der Waals surface area contributed by atoms with Crippen LogP contribution in [0.4, 0.5) is 18.9 Å². The molecule has 0 heterocycles. The lowest BCUT2D eigenvalue weighted by atomic mass is 9.86. The maximum Gasteiger partial charge on any atom is 0.255 e. The van der Waals surface area contributed by atoms with E-state index in [0.29, 0.717) is 33.8 Å². The number of carbonyl (C=O) groups is 1. The van der Waals surface area contributed by atoms with Crippen molar-refractivity contribution in [3.05, 3.63) is 58.4 Å². The van der Waals surface area contributed by atoms with Gasteiger partial charge in [0.2, 0.25) is 0 Å². The number of anilines is 1. The van der Waals surface area contributed by atoms with E-state index >= 15 is 0 Å². The van der Waals surface area contributed by atoms with Crippen LogP contribution < -0.4 is 5.32 Å². The molecular formula is C27H33ClF3NO2SSi. The highest BCUT2D eigenvalue weighted by atomic mass is 35.5. The minimum atomic E-state index is -1.84. The van der Waals surface area contributed by atoms with Crippen LogP contribution in [0.2, 0.25) is 23.2 Å². The summed E-state index contributed by atoms with van der Waals surface area (Å²) in [6.07, 6.45) is 4.78. The van der Waals surface area contributed by atoms with Crippen LogP contribution in [0.15, 0.2) is 35.2 Å². The molecule has 2 fully saturated rings. The van der Waals surface area contributed by atoms with Crippen molar-refractivity contribution < 1.29 is 22.4 Å². The van der Waals surface area contributed by atoms with Gasteiger partial charge >= 0.3 is 0 Å². The Morgan fingerprint density at radius 1 is 1.06 bits per heavy atom. The molecule has 36 heavy (non-hydrogen) atoms. The second-order valence-corrected chi connectivity index (χ2v) is 18.0. The minimum absolute atomic E-state index is 0.155. The Kier molecular flexibility index (Phi) is 7.92. The van der Waals surface area contributed by atoms with Gasteiger partial charge in [-0.3, -0.25) is 4.79 Å². The molecule has 2 aliphatic rings. The van der Waals surface area contributed by atoms with Gasteiger partial charge in [0.1, 0.15) is 0 Å². The monoisotopic (exact) mass is 555 g/mol. The van der Waals surface area contributed by atoms with E-state index in [4.69, 9.17) is 16.0 Å². The third-order valence-electron chi connectivity index (χ3n) is 7.93. The zero-order valence-corrected chi connectivity index (χ0v) is 23.8. The fourth-order valence-electron chi connectivity index (χ4n) is 4.97. The molecule has 4 rings (SSSR count). The van der Waals surface area contributed by atoms with Crippen molar-refractivity contribution in [3.8, 4) is 0 Å². The van der Waals surface area contributed by atoms with Gasteiger partial charge in [0.05, 0.1) is 11.1 Å². The predicted molar refractivity (Wildman–Crippen MR) is 143 cm³/mol. The second-order valence-electron chi connectivity index (χ2n) is 11.5. The van der Waals surface area contributed by atoms with Gasteiger partial charge in [-0.05, 0) is 73.9 Å². The van der Waals surface area contributed by atoms with E-state index in [2.05, 4.69) is 39.2 Å². The quantitative estimate of drug-likeness (QED) is 0.286. The highest BCUT2D eigenvalue weighted by molar-refractivity contribution is 8.00. The first-order chi connectivity index (χ1) is 16.7. The van der Waals surface area contributed by atoms with Crippen molar-refractivity contribution in [2.24, 2.45) is 11.8 Å². The molecule has 2 bridgehead atoms. The van der Waals surface area contributed by atoms with Crippen LogP contribution in [0.3, 0.4) is 0 Å². The Bertz CT molecular complexity index is 1120. The van der Waals surface area contributed by atoms with Crippen LogP contribution in [-0.2, 0) is 4.43 Å². The molecule has 3 nitrogen and oxygen atoms in total. The summed E-state index contributed by atoms with van der Waals surface area (Å²) in [6.45, 7) is 11.5.